The molecule has 1 aromatic heterocycles. The molecule has 29 heavy (non-hydrogen) atoms. The molecule has 148 valence electrons. The second-order valence-corrected chi connectivity index (χ2v) is 6.14. The number of ether oxygens (including phenoxy) is 1. The molecular formula is C20H18N4O5. The number of hydrogen-bond donors (Lipinski definition) is 4. The number of carbonyl (C=O) groups excluding carboxylic acids is 2. The summed E-state index contributed by atoms with van der Waals surface area (Å²) in [4.78, 5) is 50.9. The number of carbonyl (C=O) groups is 2. The quantitative estimate of drug-likeness (QED) is 0.459. The van der Waals surface area contributed by atoms with Crippen molar-refractivity contribution in [2.75, 3.05) is 17.7 Å². The minimum absolute atomic E-state index is 0.497. The highest BCUT2D eigenvalue weighted by Crippen LogP contribution is 2.19. The summed E-state index contributed by atoms with van der Waals surface area (Å²) >= 11 is 0. The summed E-state index contributed by atoms with van der Waals surface area (Å²) in [5.74, 6) is -1.66. The number of hydrogen-bond acceptors (Lipinski definition) is 6. The summed E-state index contributed by atoms with van der Waals surface area (Å²) in [6, 6.07) is 17.0. The first-order valence-corrected chi connectivity index (χ1v) is 8.65. The number of nitrogen functional groups attached to an aromatic ring is 1. The molecule has 0 aliphatic carbocycles. The molecule has 0 saturated carbocycles. The number of nitrogens with two attached hydrogens (primary N) is 1. The largest absolute Gasteiger partial charge is 0.451 e. The van der Waals surface area contributed by atoms with E-state index < -0.39 is 41.1 Å². The van der Waals surface area contributed by atoms with Crippen molar-refractivity contribution >= 4 is 23.3 Å². The van der Waals surface area contributed by atoms with Gasteiger partial charge in [-0.1, -0.05) is 48.5 Å². The standard InChI is InChI=1S/C20H18N4O5/c21-16-17(23-20(28)24-18(16)26)19(27)29-11-15(25)22-14-9-5-4-8-13(14)10-12-6-2-1-3-7-12/h1-9H,10-11,21H2,(H,22,25)(H2,23,24,26,28). The molecule has 0 aliphatic rings. The van der Waals surface area contributed by atoms with E-state index in [2.05, 4.69) is 10.3 Å². The Kier molecular flexibility index (Phi) is 5.88. The van der Waals surface area contributed by atoms with Crippen LogP contribution in [0.1, 0.15) is 21.6 Å². The Hall–Kier alpha value is -4.14. The zero-order valence-electron chi connectivity index (χ0n) is 15.2. The number of nitrogens with one attached hydrogen (secondary N) is 3. The van der Waals surface area contributed by atoms with Gasteiger partial charge in [0.05, 0.1) is 0 Å². The van der Waals surface area contributed by atoms with E-state index in [1.165, 1.54) is 0 Å². The average molecular weight is 394 g/mol. The zero-order valence-corrected chi connectivity index (χ0v) is 15.2. The number of amides is 1. The van der Waals surface area contributed by atoms with Gasteiger partial charge in [0.15, 0.2) is 12.3 Å². The lowest BCUT2D eigenvalue weighted by Gasteiger charge is -2.12. The molecule has 3 rings (SSSR count). The molecule has 9 nitrogen and oxygen atoms in total. The number of aromatic amines is 2. The second-order valence-electron chi connectivity index (χ2n) is 6.14. The van der Waals surface area contributed by atoms with Gasteiger partial charge in [-0.25, -0.2) is 9.59 Å². The Balaban J connectivity index is 1.65. The molecule has 5 N–H and O–H groups in total. The molecule has 0 radical (unpaired) electrons. The van der Waals surface area contributed by atoms with E-state index in [-0.39, 0.29) is 0 Å². The smallest absolute Gasteiger partial charge is 0.357 e. The molecule has 1 heterocycles. The lowest BCUT2D eigenvalue weighted by Crippen LogP contribution is -2.30. The minimum Gasteiger partial charge on any atom is -0.451 e. The van der Waals surface area contributed by atoms with E-state index in [1.54, 1.807) is 12.1 Å². The lowest BCUT2D eigenvalue weighted by molar-refractivity contribution is -0.119. The van der Waals surface area contributed by atoms with Gasteiger partial charge in [0.25, 0.3) is 11.5 Å². The molecule has 0 atom stereocenters. The molecule has 3 aromatic rings. The maximum Gasteiger partial charge on any atom is 0.357 e. The van der Waals surface area contributed by atoms with E-state index in [0.29, 0.717) is 12.1 Å². The number of rotatable bonds is 6. The molecule has 9 heteroatoms. The van der Waals surface area contributed by atoms with Gasteiger partial charge in [-0.2, -0.15) is 0 Å². The van der Waals surface area contributed by atoms with Crippen molar-refractivity contribution in [3.63, 3.8) is 0 Å². The Labute approximate surface area is 164 Å². The third-order valence-electron chi connectivity index (χ3n) is 4.05. The van der Waals surface area contributed by atoms with Gasteiger partial charge in [0, 0.05) is 5.69 Å². The van der Waals surface area contributed by atoms with Crippen molar-refractivity contribution in [1.82, 2.24) is 9.97 Å². The van der Waals surface area contributed by atoms with Crippen molar-refractivity contribution < 1.29 is 14.3 Å². The van der Waals surface area contributed by atoms with E-state index in [9.17, 15) is 19.2 Å². The predicted molar refractivity (Wildman–Crippen MR) is 107 cm³/mol. The molecule has 0 fully saturated rings. The highest BCUT2D eigenvalue weighted by Gasteiger charge is 2.17. The van der Waals surface area contributed by atoms with Crippen LogP contribution in [0.5, 0.6) is 0 Å². The molecular weight excluding hydrogens is 376 g/mol. The van der Waals surface area contributed by atoms with Crippen LogP contribution < -0.4 is 22.3 Å². The summed E-state index contributed by atoms with van der Waals surface area (Å²) in [5.41, 5.74) is 5.19. The topological polar surface area (TPSA) is 147 Å². The maximum atomic E-state index is 12.2. The summed E-state index contributed by atoms with van der Waals surface area (Å²) < 4.78 is 4.86. The third kappa shape index (κ3) is 4.98. The normalized spacial score (nSPS) is 10.3. The van der Waals surface area contributed by atoms with Gasteiger partial charge in [0.2, 0.25) is 0 Å². The third-order valence-corrected chi connectivity index (χ3v) is 4.05. The minimum atomic E-state index is -1.08. The van der Waals surface area contributed by atoms with Crippen LogP contribution in [0.3, 0.4) is 0 Å². The van der Waals surface area contributed by atoms with E-state index in [1.807, 2.05) is 47.4 Å². The van der Waals surface area contributed by atoms with Gasteiger partial charge in [-0.05, 0) is 23.6 Å². The number of aromatic nitrogens is 2. The van der Waals surface area contributed by atoms with Crippen LogP contribution in [0.25, 0.3) is 0 Å². The molecule has 0 aliphatic heterocycles. The van der Waals surface area contributed by atoms with Crippen molar-refractivity contribution in [3.8, 4) is 0 Å². The van der Waals surface area contributed by atoms with Gasteiger partial charge < -0.3 is 15.8 Å². The monoisotopic (exact) mass is 394 g/mol. The van der Waals surface area contributed by atoms with Crippen molar-refractivity contribution in [3.05, 3.63) is 92.3 Å². The van der Waals surface area contributed by atoms with Crippen molar-refractivity contribution in [1.29, 1.82) is 0 Å². The SMILES string of the molecule is Nc1c(C(=O)OCC(=O)Nc2ccccc2Cc2ccccc2)[nH]c(=O)[nH]c1=O. The van der Waals surface area contributed by atoms with E-state index in [4.69, 9.17) is 10.5 Å². The zero-order chi connectivity index (χ0) is 20.8. The maximum absolute atomic E-state index is 12.2. The van der Waals surface area contributed by atoms with Crippen LogP contribution in [0.2, 0.25) is 0 Å². The highest BCUT2D eigenvalue weighted by atomic mass is 16.5. The van der Waals surface area contributed by atoms with Crippen LogP contribution in [0, 0.1) is 0 Å². The van der Waals surface area contributed by atoms with E-state index in [0.717, 1.165) is 11.1 Å². The summed E-state index contributed by atoms with van der Waals surface area (Å²) in [6.45, 7) is -0.618. The summed E-state index contributed by atoms with van der Waals surface area (Å²) in [6.07, 6.45) is 0.613. The molecule has 0 spiro atoms. The number of anilines is 2. The molecule has 0 saturated heterocycles. The lowest BCUT2D eigenvalue weighted by atomic mass is 10.0. The van der Waals surface area contributed by atoms with Gasteiger partial charge in [-0.15, -0.1) is 0 Å². The number of H-pyrrole nitrogens is 2. The fourth-order valence-electron chi connectivity index (χ4n) is 2.66. The first-order chi connectivity index (χ1) is 13.9. The second kappa shape index (κ2) is 8.70. The Bertz CT molecular complexity index is 1150. The number of para-hydroxylation sites is 1. The summed E-state index contributed by atoms with van der Waals surface area (Å²) in [5, 5.41) is 2.69. The Morgan fingerprint density at radius 2 is 1.66 bits per heavy atom. The van der Waals surface area contributed by atoms with Crippen LogP contribution in [-0.4, -0.2) is 28.5 Å². The van der Waals surface area contributed by atoms with Crippen LogP contribution in [-0.2, 0) is 16.0 Å². The van der Waals surface area contributed by atoms with Crippen LogP contribution >= 0.6 is 0 Å². The Morgan fingerprint density at radius 1 is 0.966 bits per heavy atom. The van der Waals surface area contributed by atoms with Crippen LogP contribution in [0.15, 0.2) is 64.2 Å². The number of benzene rings is 2. The molecule has 1 amide bonds. The van der Waals surface area contributed by atoms with Gasteiger partial charge >= 0.3 is 11.7 Å². The Morgan fingerprint density at radius 3 is 2.41 bits per heavy atom. The van der Waals surface area contributed by atoms with Crippen molar-refractivity contribution in [2.45, 2.75) is 6.42 Å². The fourth-order valence-corrected chi connectivity index (χ4v) is 2.66. The molecule has 0 unspecified atom stereocenters. The first-order valence-electron chi connectivity index (χ1n) is 8.65. The van der Waals surface area contributed by atoms with Crippen LogP contribution in [0.4, 0.5) is 11.4 Å². The first kappa shape index (κ1) is 19.6. The van der Waals surface area contributed by atoms with Crippen molar-refractivity contribution in [2.24, 2.45) is 0 Å². The summed E-state index contributed by atoms with van der Waals surface area (Å²) in [7, 11) is 0. The number of esters is 1. The van der Waals surface area contributed by atoms with E-state index >= 15 is 0 Å². The average Bonchev–Trinajstić information content (AvgIpc) is 2.71. The predicted octanol–water partition coefficient (Wildman–Crippen LogP) is 1.03. The molecule has 0 bridgehead atoms. The highest BCUT2D eigenvalue weighted by molar-refractivity contribution is 5.97. The van der Waals surface area contributed by atoms with Gasteiger partial charge in [-0.3, -0.25) is 19.6 Å². The van der Waals surface area contributed by atoms with Gasteiger partial charge in [0.1, 0.15) is 5.69 Å². The fraction of sp³-hybridized carbons (Fsp3) is 0.100. The molecule has 2 aromatic carbocycles.